The van der Waals surface area contributed by atoms with Gasteiger partial charge < -0.3 is 10.2 Å². The molecule has 1 aliphatic heterocycles. The summed E-state index contributed by atoms with van der Waals surface area (Å²) in [7, 11) is 0. The van der Waals surface area contributed by atoms with E-state index in [9.17, 15) is 9.59 Å². The third kappa shape index (κ3) is 5.45. The van der Waals surface area contributed by atoms with Crippen LogP contribution in [0.2, 0.25) is 0 Å². The largest absolute Gasteiger partial charge is 0.345 e. The number of hydrogen-bond acceptors (Lipinski definition) is 2. The molecule has 0 bridgehead atoms. The molecule has 0 spiro atoms. The molecule has 1 N–H and O–H groups in total. The van der Waals surface area contributed by atoms with Crippen LogP contribution in [0.5, 0.6) is 0 Å². The van der Waals surface area contributed by atoms with Crippen molar-refractivity contribution in [3.8, 4) is 11.8 Å². The summed E-state index contributed by atoms with van der Waals surface area (Å²) in [6.45, 7) is 5.18. The average molecular weight is 312 g/mol. The molecule has 0 atom stereocenters. The first-order valence-electron chi connectivity index (χ1n) is 8.22. The average Bonchev–Trinajstić information content (AvgIpc) is 2.52. The van der Waals surface area contributed by atoms with Crippen LogP contribution >= 0.6 is 0 Å². The summed E-state index contributed by atoms with van der Waals surface area (Å²) < 4.78 is 0. The maximum absolute atomic E-state index is 11.9. The summed E-state index contributed by atoms with van der Waals surface area (Å²) in [4.78, 5) is 25.2. The second-order valence-electron chi connectivity index (χ2n) is 6.23. The van der Waals surface area contributed by atoms with E-state index < -0.39 is 0 Å². The Morgan fingerprint density at radius 2 is 2.00 bits per heavy atom. The van der Waals surface area contributed by atoms with E-state index in [4.69, 9.17) is 0 Å². The van der Waals surface area contributed by atoms with Crippen LogP contribution in [-0.4, -0.2) is 24.9 Å². The van der Waals surface area contributed by atoms with E-state index in [0.717, 1.165) is 30.6 Å². The van der Waals surface area contributed by atoms with Gasteiger partial charge in [-0.2, -0.15) is 0 Å². The monoisotopic (exact) mass is 312 g/mol. The van der Waals surface area contributed by atoms with Gasteiger partial charge in [0.2, 0.25) is 11.8 Å². The van der Waals surface area contributed by atoms with E-state index in [1.54, 1.807) is 0 Å². The van der Waals surface area contributed by atoms with Crippen LogP contribution in [0.25, 0.3) is 0 Å². The molecule has 4 heteroatoms. The number of amides is 2. The number of carbonyl (C=O) groups excluding carboxylic acids is 2. The Bertz CT molecular complexity index is 608. The summed E-state index contributed by atoms with van der Waals surface area (Å²) in [6, 6.07) is 7.70. The Hall–Kier alpha value is -2.28. The molecule has 23 heavy (non-hydrogen) atoms. The Kier molecular flexibility index (Phi) is 6.22. The lowest BCUT2D eigenvalue weighted by Gasteiger charge is -2.26. The molecular formula is C19H24N2O2. The van der Waals surface area contributed by atoms with Gasteiger partial charge in [0.05, 0.1) is 6.54 Å². The fraction of sp³-hybridized carbons (Fsp3) is 0.474. The minimum absolute atomic E-state index is 0.0354. The summed E-state index contributed by atoms with van der Waals surface area (Å²) in [5, 5.41) is 2.79. The summed E-state index contributed by atoms with van der Waals surface area (Å²) >= 11 is 0. The zero-order valence-electron chi connectivity index (χ0n) is 13.9. The molecule has 1 aliphatic rings. The van der Waals surface area contributed by atoms with Crippen molar-refractivity contribution in [3.63, 3.8) is 0 Å². The van der Waals surface area contributed by atoms with Gasteiger partial charge >= 0.3 is 0 Å². The normalized spacial score (nSPS) is 14.4. The molecule has 1 aromatic rings. The van der Waals surface area contributed by atoms with Gasteiger partial charge in [0.1, 0.15) is 0 Å². The van der Waals surface area contributed by atoms with Crippen LogP contribution < -0.4 is 10.2 Å². The Labute approximate surface area is 138 Å². The Morgan fingerprint density at radius 1 is 1.26 bits per heavy atom. The smallest absolute Gasteiger partial charge is 0.226 e. The van der Waals surface area contributed by atoms with Gasteiger partial charge in [0.15, 0.2) is 0 Å². The summed E-state index contributed by atoms with van der Waals surface area (Å²) in [6.07, 6.45) is 3.21. The molecular weight excluding hydrogens is 288 g/mol. The maximum Gasteiger partial charge on any atom is 0.226 e. The molecule has 122 valence electrons. The molecule has 0 unspecified atom stereocenters. The number of nitrogens with zero attached hydrogens (tertiary/aromatic N) is 1. The first-order valence-corrected chi connectivity index (χ1v) is 8.22. The van der Waals surface area contributed by atoms with Crippen molar-refractivity contribution in [3.05, 3.63) is 29.8 Å². The van der Waals surface area contributed by atoms with Crippen molar-refractivity contribution < 1.29 is 9.59 Å². The first-order chi connectivity index (χ1) is 11.1. The lowest BCUT2D eigenvalue weighted by molar-refractivity contribution is -0.121. The van der Waals surface area contributed by atoms with Crippen molar-refractivity contribution in [2.24, 2.45) is 5.92 Å². The number of benzene rings is 1. The molecule has 1 heterocycles. The third-order valence-corrected chi connectivity index (χ3v) is 3.70. The van der Waals surface area contributed by atoms with Crippen LogP contribution in [0.3, 0.4) is 0 Å². The second-order valence-corrected chi connectivity index (χ2v) is 6.23. The van der Waals surface area contributed by atoms with Crippen LogP contribution in [-0.2, 0) is 9.59 Å². The van der Waals surface area contributed by atoms with Gasteiger partial charge in [0.25, 0.3) is 0 Å². The highest BCUT2D eigenvalue weighted by atomic mass is 16.2. The zero-order chi connectivity index (χ0) is 16.7. The molecule has 2 rings (SSSR count). The molecule has 0 aromatic heterocycles. The van der Waals surface area contributed by atoms with E-state index in [1.807, 2.05) is 43.0 Å². The Morgan fingerprint density at radius 3 is 2.65 bits per heavy atom. The molecule has 0 aliphatic carbocycles. The number of anilines is 1. The van der Waals surface area contributed by atoms with Gasteiger partial charge in [-0.1, -0.05) is 25.7 Å². The second kappa shape index (κ2) is 8.38. The minimum Gasteiger partial charge on any atom is -0.345 e. The predicted octanol–water partition coefficient (Wildman–Crippen LogP) is 2.72. The highest BCUT2D eigenvalue weighted by Crippen LogP contribution is 2.20. The van der Waals surface area contributed by atoms with Crippen molar-refractivity contribution in [2.45, 2.75) is 39.5 Å². The lowest BCUT2D eigenvalue weighted by Crippen LogP contribution is -2.35. The zero-order valence-corrected chi connectivity index (χ0v) is 13.9. The Balaban J connectivity index is 1.87. The molecule has 0 radical (unpaired) electrons. The van der Waals surface area contributed by atoms with Gasteiger partial charge in [-0.15, -0.1) is 0 Å². The molecule has 4 nitrogen and oxygen atoms in total. The van der Waals surface area contributed by atoms with Crippen molar-refractivity contribution in [1.82, 2.24) is 5.32 Å². The lowest BCUT2D eigenvalue weighted by atomic mass is 10.1. The third-order valence-electron chi connectivity index (χ3n) is 3.70. The summed E-state index contributed by atoms with van der Waals surface area (Å²) in [5.74, 6) is 6.56. The van der Waals surface area contributed by atoms with Crippen molar-refractivity contribution in [2.75, 3.05) is 18.0 Å². The van der Waals surface area contributed by atoms with E-state index in [2.05, 4.69) is 17.2 Å². The van der Waals surface area contributed by atoms with Gasteiger partial charge in [-0.05, 0) is 43.0 Å². The fourth-order valence-electron chi connectivity index (χ4n) is 2.54. The van der Waals surface area contributed by atoms with E-state index >= 15 is 0 Å². The predicted molar refractivity (Wildman–Crippen MR) is 92.0 cm³/mol. The van der Waals surface area contributed by atoms with E-state index in [1.165, 1.54) is 0 Å². The SMILES string of the molecule is CC(C)CC(=O)NCC#Cc1ccc(N2CCCCC2=O)cc1. The standard InChI is InChI=1S/C19H24N2O2/c1-15(2)14-18(22)20-12-5-6-16-8-10-17(11-9-16)21-13-4-3-7-19(21)23/h8-11,15H,3-4,7,12-14H2,1-2H3,(H,20,22). The van der Waals surface area contributed by atoms with Gasteiger partial charge in [-0.25, -0.2) is 0 Å². The quantitative estimate of drug-likeness (QED) is 0.869. The fourth-order valence-corrected chi connectivity index (χ4v) is 2.54. The highest BCUT2D eigenvalue weighted by molar-refractivity contribution is 5.94. The number of nitrogens with one attached hydrogen (secondary N) is 1. The molecule has 1 aromatic carbocycles. The number of carbonyl (C=O) groups is 2. The van der Waals surface area contributed by atoms with Crippen LogP contribution in [0.15, 0.2) is 24.3 Å². The molecule has 1 fully saturated rings. The molecule has 0 saturated carbocycles. The van der Waals surface area contributed by atoms with E-state index in [-0.39, 0.29) is 11.8 Å². The van der Waals surface area contributed by atoms with E-state index in [0.29, 0.717) is 25.3 Å². The number of rotatable bonds is 4. The van der Waals surface area contributed by atoms with Crippen LogP contribution in [0.1, 0.15) is 45.1 Å². The first kappa shape index (κ1) is 17.1. The highest BCUT2D eigenvalue weighted by Gasteiger charge is 2.19. The van der Waals surface area contributed by atoms with Crippen molar-refractivity contribution in [1.29, 1.82) is 0 Å². The summed E-state index contributed by atoms with van der Waals surface area (Å²) in [5.41, 5.74) is 1.82. The topological polar surface area (TPSA) is 49.4 Å². The minimum atomic E-state index is 0.0354. The van der Waals surface area contributed by atoms with Crippen LogP contribution in [0.4, 0.5) is 5.69 Å². The van der Waals surface area contributed by atoms with Gasteiger partial charge in [-0.3, -0.25) is 9.59 Å². The number of piperidine rings is 1. The molecule has 2 amide bonds. The molecule has 1 saturated heterocycles. The van der Waals surface area contributed by atoms with Crippen molar-refractivity contribution >= 4 is 17.5 Å². The van der Waals surface area contributed by atoms with Gasteiger partial charge in [0, 0.05) is 30.6 Å². The number of hydrogen-bond donors (Lipinski definition) is 1. The maximum atomic E-state index is 11.9. The van der Waals surface area contributed by atoms with Crippen LogP contribution in [0, 0.1) is 17.8 Å².